The predicted octanol–water partition coefficient (Wildman–Crippen LogP) is 5.59. The Morgan fingerprint density at radius 2 is 1.68 bits per heavy atom. The highest BCUT2D eigenvalue weighted by atomic mass is 14.5. The molecule has 0 aromatic heterocycles. The maximum atomic E-state index is 2.62. The monoisotopic (exact) mass is 258 g/mol. The van der Waals surface area contributed by atoms with Crippen LogP contribution in [0.25, 0.3) is 0 Å². The van der Waals surface area contributed by atoms with Gasteiger partial charge < -0.3 is 0 Å². The Hall–Kier alpha value is -0.260. The van der Waals surface area contributed by atoms with Crippen LogP contribution in [0.4, 0.5) is 0 Å². The summed E-state index contributed by atoms with van der Waals surface area (Å²) in [4.78, 5) is 0. The van der Waals surface area contributed by atoms with Crippen LogP contribution in [0.1, 0.15) is 71.1 Å². The van der Waals surface area contributed by atoms with Crippen molar-refractivity contribution in [3.63, 3.8) is 0 Å². The number of rotatable bonds is 1. The highest BCUT2D eigenvalue weighted by Gasteiger charge is 2.49. The zero-order chi connectivity index (χ0) is 12.8. The lowest BCUT2D eigenvalue weighted by molar-refractivity contribution is 0.0371. The molecule has 19 heavy (non-hydrogen) atoms. The van der Waals surface area contributed by atoms with Gasteiger partial charge in [0.25, 0.3) is 0 Å². The first-order valence-electron chi connectivity index (χ1n) is 9.07. The van der Waals surface area contributed by atoms with Crippen molar-refractivity contribution in [3.8, 4) is 0 Å². The number of hydrogen-bond acceptors (Lipinski definition) is 0. The van der Waals surface area contributed by atoms with Gasteiger partial charge in [0.05, 0.1) is 0 Å². The summed E-state index contributed by atoms with van der Waals surface area (Å²) in [6.45, 7) is 2.43. The number of allylic oxidation sites excluding steroid dienone is 2. The first-order chi connectivity index (χ1) is 9.38. The minimum Gasteiger partial charge on any atom is -0.0850 e. The van der Waals surface area contributed by atoms with Gasteiger partial charge in [-0.2, -0.15) is 0 Å². The molecule has 4 rings (SSSR count). The molecule has 6 unspecified atom stereocenters. The lowest BCUT2D eigenvalue weighted by Crippen LogP contribution is -2.41. The average Bonchev–Trinajstić information content (AvgIpc) is 2.90. The third-order valence-electron chi connectivity index (χ3n) is 7.37. The van der Waals surface area contributed by atoms with E-state index in [4.69, 9.17) is 0 Å². The molecule has 0 nitrogen and oxygen atoms in total. The van der Waals surface area contributed by atoms with Crippen LogP contribution in [-0.2, 0) is 0 Å². The van der Waals surface area contributed by atoms with Crippen molar-refractivity contribution >= 4 is 0 Å². The summed E-state index contributed by atoms with van der Waals surface area (Å²) in [5, 5.41) is 0. The number of fused-ring (bicyclic) bond motifs is 5. The van der Waals surface area contributed by atoms with E-state index in [9.17, 15) is 0 Å². The van der Waals surface area contributed by atoms with Crippen molar-refractivity contribution in [1.29, 1.82) is 0 Å². The maximum Gasteiger partial charge on any atom is -0.0172 e. The second kappa shape index (κ2) is 4.93. The Bertz CT molecular complexity index is 366. The van der Waals surface area contributed by atoms with Gasteiger partial charge in [0, 0.05) is 0 Å². The van der Waals surface area contributed by atoms with E-state index in [1.807, 2.05) is 5.57 Å². The normalized spacial score (nSPS) is 49.0. The molecule has 0 aromatic carbocycles. The van der Waals surface area contributed by atoms with Crippen LogP contribution in [0.5, 0.6) is 0 Å². The third-order valence-corrected chi connectivity index (χ3v) is 7.37. The lowest BCUT2D eigenvalue weighted by Gasteiger charge is -2.50. The van der Waals surface area contributed by atoms with Crippen LogP contribution >= 0.6 is 0 Å². The molecule has 0 bridgehead atoms. The second-order valence-corrected chi connectivity index (χ2v) is 7.83. The van der Waals surface area contributed by atoms with E-state index in [1.165, 1.54) is 32.1 Å². The highest BCUT2D eigenvalue weighted by Crippen LogP contribution is 2.58. The summed E-state index contributed by atoms with van der Waals surface area (Å²) < 4.78 is 0. The van der Waals surface area contributed by atoms with Crippen molar-refractivity contribution < 1.29 is 0 Å². The molecule has 0 spiro atoms. The molecule has 0 heteroatoms. The minimum atomic E-state index is 1.02. The molecular formula is C19H30. The van der Waals surface area contributed by atoms with Gasteiger partial charge in [0.2, 0.25) is 0 Å². The Labute approximate surface area is 119 Å². The van der Waals surface area contributed by atoms with Crippen molar-refractivity contribution in [1.82, 2.24) is 0 Å². The van der Waals surface area contributed by atoms with Crippen molar-refractivity contribution in [2.24, 2.45) is 35.5 Å². The fourth-order valence-corrected chi connectivity index (χ4v) is 6.59. The van der Waals surface area contributed by atoms with Gasteiger partial charge in [-0.3, -0.25) is 0 Å². The Balaban J connectivity index is 1.56. The minimum absolute atomic E-state index is 1.02. The Kier molecular flexibility index (Phi) is 3.24. The Morgan fingerprint density at radius 1 is 0.895 bits per heavy atom. The van der Waals surface area contributed by atoms with E-state index in [2.05, 4.69) is 13.0 Å². The molecular weight excluding hydrogens is 228 g/mol. The summed E-state index contributed by atoms with van der Waals surface area (Å²) in [5.74, 6) is 6.59. The predicted molar refractivity (Wildman–Crippen MR) is 80.9 cm³/mol. The SMILES string of the molecule is CCC1CCC2C1CCC1C3CCCC=C3CCC12. The largest absolute Gasteiger partial charge is 0.0850 e. The van der Waals surface area contributed by atoms with E-state index in [0.717, 1.165) is 35.5 Å². The quantitative estimate of drug-likeness (QED) is 0.538. The summed E-state index contributed by atoms with van der Waals surface area (Å²) in [5.41, 5.74) is 1.89. The smallest absolute Gasteiger partial charge is 0.0172 e. The summed E-state index contributed by atoms with van der Waals surface area (Å²) in [7, 11) is 0. The molecule has 3 fully saturated rings. The van der Waals surface area contributed by atoms with E-state index in [1.54, 1.807) is 32.1 Å². The lowest BCUT2D eigenvalue weighted by atomic mass is 9.55. The van der Waals surface area contributed by atoms with E-state index in [-0.39, 0.29) is 0 Å². The van der Waals surface area contributed by atoms with Crippen LogP contribution in [0, 0.1) is 35.5 Å². The molecule has 0 heterocycles. The molecule has 0 aliphatic heterocycles. The second-order valence-electron chi connectivity index (χ2n) is 7.83. The molecule has 4 aliphatic carbocycles. The summed E-state index contributed by atoms with van der Waals surface area (Å²) in [6.07, 6.45) is 17.8. The molecule has 0 aromatic rings. The zero-order valence-electron chi connectivity index (χ0n) is 12.6. The van der Waals surface area contributed by atoms with Crippen LogP contribution in [0.3, 0.4) is 0 Å². The van der Waals surface area contributed by atoms with Gasteiger partial charge in [0.15, 0.2) is 0 Å². The molecule has 0 N–H and O–H groups in total. The van der Waals surface area contributed by atoms with Gasteiger partial charge in [-0.25, -0.2) is 0 Å². The van der Waals surface area contributed by atoms with Crippen molar-refractivity contribution in [2.45, 2.75) is 71.1 Å². The molecule has 6 atom stereocenters. The zero-order valence-corrected chi connectivity index (χ0v) is 12.6. The Morgan fingerprint density at radius 3 is 2.58 bits per heavy atom. The van der Waals surface area contributed by atoms with E-state index in [0.29, 0.717) is 0 Å². The standard InChI is InChI=1S/C19H30/c1-2-13-7-9-17-16(13)11-12-18-15-6-4-3-5-14(15)8-10-19(17)18/h5,13,15-19H,2-4,6-12H2,1H3. The average molecular weight is 258 g/mol. The van der Waals surface area contributed by atoms with Gasteiger partial charge in [-0.15, -0.1) is 0 Å². The molecule has 0 saturated heterocycles. The topological polar surface area (TPSA) is 0 Å². The van der Waals surface area contributed by atoms with Crippen molar-refractivity contribution in [3.05, 3.63) is 11.6 Å². The fraction of sp³-hybridized carbons (Fsp3) is 0.895. The summed E-state index contributed by atoms with van der Waals surface area (Å²) in [6, 6.07) is 0. The van der Waals surface area contributed by atoms with E-state index >= 15 is 0 Å². The first kappa shape index (κ1) is 12.5. The molecule has 0 radical (unpaired) electrons. The molecule has 4 aliphatic rings. The van der Waals surface area contributed by atoms with Gasteiger partial charge in [-0.05, 0) is 93.3 Å². The van der Waals surface area contributed by atoms with Gasteiger partial charge >= 0.3 is 0 Å². The van der Waals surface area contributed by atoms with Crippen molar-refractivity contribution in [2.75, 3.05) is 0 Å². The van der Waals surface area contributed by atoms with Crippen LogP contribution in [-0.4, -0.2) is 0 Å². The van der Waals surface area contributed by atoms with Gasteiger partial charge in [-0.1, -0.05) is 25.0 Å². The highest BCUT2D eigenvalue weighted by molar-refractivity contribution is 5.17. The fourth-order valence-electron chi connectivity index (χ4n) is 6.59. The van der Waals surface area contributed by atoms with Crippen LogP contribution in [0.2, 0.25) is 0 Å². The summed E-state index contributed by atoms with van der Waals surface area (Å²) >= 11 is 0. The molecule has 3 saturated carbocycles. The number of hydrogen-bond donors (Lipinski definition) is 0. The molecule has 0 amide bonds. The van der Waals surface area contributed by atoms with Crippen LogP contribution in [0.15, 0.2) is 11.6 Å². The van der Waals surface area contributed by atoms with Gasteiger partial charge in [0.1, 0.15) is 0 Å². The maximum absolute atomic E-state index is 2.62. The van der Waals surface area contributed by atoms with E-state index < -0.39 is 0 Å². The third kappa shape index (κ3) is 1.93. The molecule has 106 valence electrons. The van der Waals surface area contributed by atoms with Crippen LogP contribution < -0.4 is 0 Å². The first-order valence-corrected chi connectivity index (χ1v) is 9.07.